The Kier molecular flexibility index (Phi) is 5.77. The summed E-state index contributed by atoms with van der Waals surface area (Å²) >= 11 is 5.40. The van der Waals surface area contributed by atoms with E-state index in [0.29, 0.717) is 11.7 Å². The normalized spacial score (nSPS) is 10.8. The summed E-state index contributed by atoms with van der Waals surface area (Å²) in [5, 5.41) is 5.43. The van der Waals surface area contributed by atoms with Crippen molar-refractivity contribution in [3.63, 3.8) is 0 Å². The van der Waals surface area contributed by atoms with Gasteiger partial charge in [-0.1, -0.05) is 60.7 Å². The Labute approximate surface area is 159 Å². The van der Waals surface area contributed by atoms with Gasteiger partial charge in [0.15, 0.2) is 5.11 Å². The molecule has 0 radical (unpaired) electrons. The van der Waals surface area contributed by atoms with E-state index in [0.717, 1.165) is 22.0 Å². The highest BCUT2D eigenvalue weighted by Gasteiger charge is 2.11. The molecule has 0 bridgehead atoms. The number of hydrogen-bond donors (Lipinski definition) is 1. The van der Waals surface area contributed by atoms with Gasteiger partial charge in [-0.25, -0.2) is 0 Å². The Bertz CT molecular complexity index is 945. The molecule has 3 aromatic rings. The van der Waals surface area contributed by atoms with E-state index in [1.807, 2.05) is 78.6 Å². The minimum absolute atomic E-state index is 0.239. The van der Waals surface area contributed by atoms with E-state index in [-0.39, 0.29) is 5.91 Å². The van der Waals surface area contributed by atoms with Crippen LogP contribution in [0.5, 0.6) is 0 Å². The smallest absolute Gasteiger partial charge is 0.250 e. The fourth-order valence-corrected chi connectivity index (χ4v) is 3.16. The van der Waals surface area contributed by atoms with E-state index in [2.05, 4.69) is 17.4 Å². The van der Waals surface area contributed by atoms with Gasteiger partial charge in [-0.05, 0) is 53.7 Å². The van der Waals surface area contributed by atoms with Crippen LogP contribution >= 0.6 is 12.2 Å². The van der Waals surface area contributed by atoms with Gasteiger partial charge in [-0.3, -0.25) is 10.1 Å². The molecule has 0 fully saturated rings. The van der Waals surface area contributed by atoms with Gasteiger partial charge in [0.05, 0.1) is 0 Å². The third-order valence-electron chi connectivity index (χ3n) is 4.10. The van der Waals surface area contributed by atoms with Crippen molar-refractivity contribution in [2.24, 2.45) is 0 Å². The van der Waals surface area contributed by atoms with Crippen LogP contribution in [0.2, 0.25) is 0 Å². The summed E-state index contributed by atoms with van der Waals surface area (Å²) in [7, 11) is 0. The molecule has 0 heterocycles. The third kappa shape index (κ3) is 4.16. The Balaban J connectivity index is 1.71. The van der Waals surface area contributed by atoms with Crippen molar-refractivity contribution in [3.8, 4) is 0 Å². The molecule has 0 atom stereocenters. The molecule has 26 heavy (non-hydrogen) atoms. The Morgan fingerprint density at radius 1 is 1.00 bits per heavy atom. The van der Waals surface area contributed by atoms with E-state index in [1.54, 1.807) is 0 Å². The molecule has 0 aromatic heterocycles. The van der Waals surface area contributed by atoms with Crippen molar-refractivity contribution in [3.05, 3.63) is 84.4 Å². The molecule has 0 aliphatic carbocycles. The SMILES string of the molecule is CCN(C(=S)NC(=O)C=Cc1cccc2ccccc12)c1ccccc1. The van der Waals surface area contributed by atoms with Gasteiger partial charge in [-0.2, -0.15) is 0 Å². The number of carbonyl (C=O) groups is 1. The molecular formula is C22H20N2OS. The molecule has 3 aromatic carbocycles. The number of nitrogens with zero attached hydrogens (tertiary/aromatic N) is 1. The second-order valence-electron chi connectivity index (χ2n) is 5.78. The molecule has 4 heteroatoms. The van der Waals surface area contributed by atoms with Crippen molar-refractivity contribution in [1.82, 2.24) is 5.32 Å². The van der Waals surface area contributed by atoms with Crippen LogP contribution in [0.25, 0.3) is 16.8 Å². The van der Waals surface area contributed by atoms with E-state index >= 15 is 0 Å². The van der Waals surface area contributed by atoms with Gasteiger partial charge in [0, 0.05) is 18.3 Å². The molecular weight excluding hydrogens is 340 g/mol. The summed E-state index contributed by atoms with van der Waals surface area (Å²) in [5.74, 6) is -0.239. The first-order valence-electron chi connectivity index (χ1n) is 8.52. The summed E-state index contributed by atoms with van der Waals surface area (Å²) in [6.07, 6.45) is 3.34. The maximum Gasteiger partial charge on any atom is 0.250 e. The van der Waals surface area contributed by atoms with Crippen molar-refractivity contribution < 1.29 is 4.79 Å². The fourth-order valence-electron chi connectivity index (χ4n) is 2.83. The lowest BCUT2D eigenvalue weighted by Crippen LogP contribution is -2.42. The zero-order valence-electron chi connectivity index (χ0n) is 14.6. The van der Waals surface area contributed by atoms with Gasteiger partial charge < -0.3 is 4.90 Å². The maximum absolute atomic E-state index is 12.3. The van der Waals surface area contributed by atoms with E-state index in [9.17, 15) is 4.79 Å². The Hall–Kier alpha value is -2.98. The minimum atomic E-state index is -0.239. The number of fused-ring (bicyclic) bond motifs is 1. The van der Waals surface area contributed by atoms with E-state index in [4.69, 9.17) is 12.2 Å². The van der Waals surface area contributed by atoms with E-state index < -0.39 is 0 Å². The lowest BCUT2D eigenvalue weighted by Gasteiger charge is -2.23. The van der Waals surface area contributed by atoms with E-state index in [1.165, 1.54) is 6.08 Å². The van der Waals surface area contributed by atoms with Gasteiger partial charge >= 0.3 is 0 Å². The van der Waals surface area contributed by atoms with Crippen LogP contribution in [0.15, 0.2) is 78.9 Å². The summed E-state index contributed by atoms with van der Waals surface area (Å²) in [4.78, 5) is 14.2. The first-order valence-corrected chi connectivity index (χ1v) is 8.93. The second kappa shape index (κ2) is 8.41. The number of rotatable bonds is 4. The number of carbonyl (C=O) groups excluding carboxylic acids is 1. The first-order chi connectivity index (χ1) is 12.7. The molecule has 130 valence electrons. The topological polar surface area (TPSA) is 32.3 Å². The largest absolute Gasteiger partial charge is 0.319 e. The van der Waals surface area contributed by atoms with Crippen LogP contribution in [-0.2, 0) is 4.79 Å². The molecule has 0 unspecified atom stereocenters. The summed E-state index contributed by atoms with van der Waals surface area (Å²) in [5.41, 5.74) is 1.96. The van der Waals surface area contributed by atoms with Gasteiger partial charge in [0.25, 0.3) is 0 Å². The van der Waals surface area contributed by atoms with Crippen LogP contribution in [0, 0.1) is 0 Å². The molecule has 0 spiro atoms. The second-order valence-corrected chi connectivity index (χ2v) is 6.16. The average molecular weight is 360 g/mol. The Morgan fingerprint density at radius 2 is 1.69 bits per heavy atom. The quantitative estimate of drug-likeness (QED) is 0.537. The number of benzene rings is 3. The van der Waals surface area contributed by atoms with Crippen LogP contribution in [0.3, 0.4) is 0 Å². The number of hydrogen-bond acceptors (Lipinski definition) is 2. The van der Waals surface area contributed by atoms with Crippen molar-refractivity contribution in [2.75, 3.05) is 11.4 Å². The highest BCUT2D eigenvalue weighted by Crippen LogP contribution is 2.19. The maximum atomic E-state index is 12.3. The highest BCUT2D eigenvalue weighted by atomic mass is 32.1. The molecule has 1 amide bonds. The molecule has 3 nitrogen and oxygen atoms in total. The zero-order valence-corrected chi connectivity index (χ0v) is 15.4. The van der Waals surface area contributed by atoms with Crippen molar-refractivity contribution in [1.29, 1.82) is 0 Å². The zero-order chi connectivity index (χ0) is 18.4. The monoisotopic (exact) mass is 360 g/mol. The number of nitrogens with one attached hydrogen (secondary N) is 1. The molecule has 0 aliphatic rings. The fraction of sp³-hybridized carbons (Fsp3) is 0.0909. The first kappa shape index (κ1) is 17.8. The molecule has 0 aliphatic heterocycles. The molecule has 3 rings (SSSR count). The van der Waals surface area contributed by atoms with Crippen molar-refractivity contribution >= 4 is 45.8 Å². The number of anilines is 1. The summed E-state index contributed by atoms with van der Waals surface area (Å²) in [6.45, 7) is 2.67. The molecule has 1 N–H and O–H groups in total. The van der Waals surface area contributed by atoms with Crippen molar-refractivity contribution in [2.45, 2.75) is 6.92 Å². The van der Waals surface area contributed by atoms with Crippen LogP contribution < -0.4 is 10.2 Å². The lowest BCUT2D eigenvalue weighted by atomic mass is 10.0. The van der Waals surface area contributed by atoms with Gasteiger partial charge in [-0.15, -0.1) is 0 Å². The number of thiocarbonyl (C=S) groups is 1. The predicted molar refractivity (Wildman–Crippen MR) is 113 cm³/mol. The van der Waals surface area contributed by atoms with Gasteiger partial charge in [0.1, 0.15) is 0 Å². The Morgan fingerprint density at radius 3 is 2.46 bits per heavy atom. The standard InChI is InChI=1S/C22H20N2OS/c1-2-24(19-12-4-3-5-13-19)22(26)23-21(25)16-15-18-11-8-10-17-9-6-7-14-20(17)18/h3-16H,2H2,1H3,(H,23,25,26). The minimum Gasteiger partial charge on any atom is -0.319 e. The third-order valence-corrected chi connectivity index (χ3v) is 4.42. The highest BCUT2D eigenvalue weighted by molar-refractivity contribution is 7.80. The van der Waals surface area contributed by atoms with Gasteiger partial charge in [0.2, 0.25) is 5.91 Å². The number of para-hydroxylation sites is 1. The predicted octanol–water partition coefficient (Wildman–Crippen LogP) is 4.78. The number of amides is 1. The summed E-state index contributed by atoms with van der Waals surface area (Å²) in [6, 6.07) is 23.9. The van der Waals surface area contributed by atoms with Crippen LogP contribution in [0.1, 0.15) is 12.5 Å². The van der Waals surface area contributed by atoms with Crippen LogP contribution in [0.4, 0.5) is 5.69 Å². The summed E-state index contributed by atoms with van der Waals surface area (Å²) < 4.78 is 0. The lowest BCUT2D eigenvalue weighted by molar-refractivity contribution is -0.115. The molecule has 0 saturated carbocycles. The molecule has 0 saturated heterocycles. The van der Waals surface area contributed by atoms with Crippen LogP contribution in [-0.4, -0.2) is 17.6 Å². The average Bonchev–Trinajstić information content (AvgIpc) is 2.67.